The van der Waals surface area contributed by atoms with Crippen molar-refractivity contribution in [3.8, 4) is 22.4 Å². The maximum atomic E-state index is 14.8. The van der Waals surface area contributed by atoms with Crippen LogP contribution in [0.15, 0.2) is 78.9 Å². The van der Waals surface area contributed by atoms with E-state index in [1.165, 1.54) is 24.3 Å². The number of nitrogens with one attached hydrogen (secondary N) is 1. The summed E-state index contributed by atoms with van der Waals surface area (Å²) >= 11 is 0. The van der Waals surface area contributed by atoms with Gasteiger partial charge in [0, 0.05) is 24.2 Å². The Balaban J connectivity index is 1.60. The Morgan fingerprint density at radius 2 is 1.55 bits per heavy atom. The molecule has 0 unspecified atom stereocenters. The molecule has 4 aromatic rings. The number of amides is 1. The van der Waals surface area contributed by atoms with E-state index in [0.29, 0.717) is 30.5 Å². The second-order valence-electron chi connectivity index (χ2n) is 14.3. The minimum absolute atomic E-state index is 0.0752. The Bertz CT molecular complexity index is 1770. The molecule has 9 heteroatoms. The fourth-order valence-electron chi connectivity index (χ4n) is 6.60. The fraction of sp³-hybridized carbons (Fsp3) is 0.400. The van der Waals surface area contributed by atoms with Gasteiger partial charge in [0.05, 0.1) is 35.6 Å². The molecule has 1 aromatic heterocycles. The average molecular weight is 673 g/mol. The fourth-order valence-corrected chi connectivity index (χ4v) is 6.60. The normalized spacial score (nSPS) is 17.6. The Labute approximate surface area is 287 Å². The number of para-hydroxylation sites is 1. The van der Waals surface area contributed by atoms with E-state index in [-0.39, 0.29) is 35.9 Å². The highest BCUT2D eigenvalue weighted by Gasteiger charge is 2.38. The maximum absolute atomic E-state index is 14.8. The van der Waals surface area contributed by atoms with Gasteiger partial charge in [0.2, 0.25) is 0 Å². The number of hydrogen-bond acceptors (Lipinski definition) is 5. The smallest absolute Gasteiger partial charge is 0.308 e. The number of esters is 1. The van der Waals surface area contributed by atoms with Crippen LogP contribution in [0.2, 0.25) is 0 Å². The Morgan fingerprint density at radius 3 is 2.18 bits per heavy atom. The van der Waals surface area contributed by atoms with Gasteiger partial charge in [0.1, 0.15) is 17.2 Å². The highest BCUT2D eigenvalue weighted by atomic mass is 19.1. The minimum atomic E-state index is -0.938. The Kier molecular flexibility index (Phi) is 10.7. The number of hydrogen-bond donors (Lipinski definition) is 1. The summed E-state index contributed by atoms with van der Waals surface area (Å²) in [5.74, 6) is -2.77. The van der Waals surface area contributed by atoms with Crippen molar-refractivity contribution in [2.45, 2.75) is 104 Å². The SMILES string of the molecule is CC(C)c1c(C(=O)Nc2ccccc2F)c(-c2ccccc2)c(-c2ccc(F)cc2)n1CC[C@@H]1C[C@H](CC(=O)OC(C)(C)C)OC(C)(C)O1. The molecule has 1 saturated heterocycles. The van der Waals surface area contributed by atoms with Crippen LogP contribution in [0.4, 0.5) is 14.5 Å². The van der Waals surface area contributed by atoms with E-state index in [1.807, 2.05) is 78.8 Å². The van der Waals surface area contributed by atoms with E-state index in [4.69, 9.17) is 14.2 Å². The molecule has 5 rings (SSSR count). The number of nitrogens with zero attached hydrogens (tertiary/aromatic N) is 1. The number of ether oxygens (including phenoxy) is 3. The Hall–Kier alpha value is -4.34. The number of benzene rings is 3. The Morgan fingerprint density at radius 1 is 0.918 bits per heavy atom. The predicted octanol–water partition coefficient (Wildman–Crippen LogP) is 9.51. The first-order valence-corrected chi connectivity index (χ1v) is 16.8. The standard InChI is InChI=1S/C40H46F2N2O5/c1-25(2)36-35(38(46)43-32-16-12-11-15-31(32)42)34(26-13-9-8-10-14-26)37(27-17-19-28(41)20-18-27)44(36)22-21-29-23-30(48-40(6,7)47-29)24-33(45)49-39(3,4)5/h8-20,25,29-30H,21-24H2,1-7H3,(H,43,46)/t29-,30-/m1/s1. The van der Waals surface area contributed by atoms with Crippen LogP contribution >= 0.6 is 0 Å². The number of carbonyl (C=O) groups is 2. The number of anilines is 1. The molecule has 1 aliphatic heterocycles. The zero-order chi connectivity index (χ0) is 35.5. The highest BCUT2D eigenvalue weighted by Crippen LogP contribution is 2.43. The number of halogens is 2. The summed E-state index contributed by atoms with van der Waals surface area (Å²) in [6, 6.07) is 21.9. The van der Waals surface area contributed by atoms with E-state index in [1.54, 1.807) is 24.3 Å². The molecule has 0 saturated carbocycles. The van der Waals surface area contributed by atoms with Crippen molar-refractivity contribution < 1.29 is 32.6 Å². The van der Waals surface area contributed by atoms with E-state index in [2.05, 4.69) is 9.88 Å². The first-order valence-electron chi connectivity index (χ1n) is 16.8. The summed E-state index contributed by atoms with van der Waals surface area (Å²) < 4.78 is 49.3. The van der Waals surface area contributed by atoms with Crippen molar-refractivity contribution in [2.24, 2.45) is 0 Å². The molecule has 1 N–H and O–H groups in total. The van der Waals surface area contributed by atoms with Crippen LogP contribution in [0, 0.1) is 11.6 Å². The van der Waals surface area contributed by atoms with Crippen LogP contribution in [-0.2, 0) is 25.5 Å². The average Bonchev–Trinajstić information content (AvgIpc) is 3.36. The van der Waals surface area contributed by atoms with Crippen molar-refractivity contribution in [3.63, 3.8) is 0 Å². The number of carbonyl (C=O) groups excluding carboxylic acids is 2. The van der Waals surface area contributed by atoms with Crippen LogP contribution < -0.4 is 5.32 Å². The summed E-state index contributed by atoms with van der Waals surface area (Å²) in [5.41, 5.74) is 3.56. The number of aromatic nitrogens is 1. The molecule has 0 aliphatic carbocycles. The van der Waals surface area contributed by atoms with E-state index < -0.39 is 29.2 Å². The summed E-state index contributed by atoms with van der Waals surface area (Å²) in [6.45, 7) is 13.6. The lowest BCUT2D eigenvalue weighted by atomic mass is 9.94. The predicted molar refractivity (Wildman–Crippen MR) is 187 cm³/mol. The highest BCUT2D eigenvalue weighted by molar-refractivity contribution is 6.12. The van der Waals surface area contributed by atoms with Crippen LogP contribution in [0.5, 0.6) is 0 Å². The van der Waals surface area contributed by atoms with Crippen LogP contribution in [0.3, 0.4) is 0 Å². The van der Waals surface area contributed by atoms with Gasteiger partial charge < -0.3 is 24.1 Å². The third kappa shape index (κ3) is 8.83. The van der Waals surface area contributed by atoms with Gasteiger partial charge in [0.25, 0.3) is 5.91 Å². The largest absolute Gasteiger partial charge is 0.460 e. The molecule has 0 spiro atoms. The molecule has 1 aliphatic rings. The molecular formula is C40H46F2N2O5. The lowest BCUT2D eigenvalue weighted by molar-refractivity contribution is -0.301. The molecule has 3 aromatic carbocycles. The lowest BCUT2D eigenvalue weighted by Gasteiger charge is -2.41. The third-order valence-corrected chi connectivity index (χ3v) is 8.30. The molecule has 49 heavy (non-hydrogen) atoms. The van der Waals surface area contributed by atoms with E-state index in [0.717, 1.165) is 22.5 Å². The van der Waals surface area contributed by atoms with Gasteiger partial charge >= 0.3 is 5.97 Å². The lowest BCUT2D eigenvalue weighted by Crippen LogP contribution is -2.46. The topological polar surface area (TPSA) is 78.8 Å². The van der Waals surface area contributed by atoms with Crippen LogP contribution in [0.25, 0.3) is 22.4 Å². The summed E-state index contributed by atoms with van der Waals surface area (Å²) in [6.07, 6.45) is 0.412. The van der Waals surface area contributed by atoms with Crippen molar-refractivity contribution in [1.29, 1.82) is 0 Å². The monoisotopic (exact) mass is 672 g/mol. The van der Waals surface area contributed by atoms with E-state index >= 15 is 0 Å². The summed E-state index contributed by atoms with van der Waals surface area (Å²) in [4.78, 5) is 27.1. The van der Waals surface area contributed by atoms with Gasteiger partial charge in [-0.15, -0.1) is 0 Å². The summed E-state index contributed by atoms with van der Waals surface area (Å²) in [7, 11) is 0. The van der Waals surface area contributed by atoms with Crippen LogP contribution in [-0.4, -0.2) is 40.0 Å². The zero-order valence-corrected chi connectivity index (χ0v) is 29.3. The molecule has 0 radical (unpaired) electrons. The second-order valence-corrected chi connectivity index (χ2v) is 14.3. The molecule has 260 valence electrons. The van der Waals surface area contributed by atoms with Crippen molar-refractivity contribution in [3.05, 3.63) is 102 Å². The summed E-state index contributed by atoms with van der Waals surface area (Å²) in [5, 5.41) is 2.82. The number of rotatable bonds is 10. The van der Waals surface area contributed by atoms with Gasteiger partial charge in [-0.3, -0.25) is 9.59 Å². The molecule has 7 nitrogen and oxygen atoms in total. The van der Waals surface area contributed by atoms with Crippen molar-refractivity contribution in [2.75, 3.05) is 5.32 Å². The maximum Gasteiger partial charge on any atom is 0.308 e. The first kappa shape index (κ1) is 36.0. The quantitative estimate of drug-likeness (QED) is 0.170. The third-order valence-electron chi connectivity index (χ3n) is 8.30. The van der Waals surface area contributed by atoms with Crippen molar-refractivity contribution in [1.82, 2.24) is 4.57 Å². The van der Waals surface area contributed by atoms with Gasteiger partial charge in [0.15, 0.2) is 5.79 Å². The van der Waals surface area contributed by atoms with E-state index in [9.17, 15) is 18.4 Å². The molecule has 1 fully saturated rings. The van der Waals surface area contributed by atoms with Crippen LogP contribution in [0.1, 0.15) is 89.7 Å². The molecule has 2 atom stereocenters. The van der Waals surface area contributed by atoms with Gasteiger partial charge in [-0.25, -0.2) is 8.78 Å². The van der Waals surface area contributed by atoms with Crippen molar-refractivity contribution >= 4 is 17.6 Å². The second kappa shape index (κ2) is 14.6. The van der Waals surface area contributed by atoms with Gasteiger partial charge in [-0.05, 0) is 94.5 Å². The molecule has 2 heterocycles. The molecular weight excluding hydrogens is 626 g/mol. The minimum Gasteiger partial charge on any atom is -0.460 e. The zero-order valence-electron chi connectivity index (χ0n) is 29.3. The molecule has 1 amide bonds. The first-order chi connectivity index (χ1) is 23.1. The molecule has 0 bridgehead atoms. The van der Waals surface area contributed by atoms with Gasteiger partial charge in [-0.2, -0.15) is 0 Å². The van der Waals surface area contributed by atoms with Gasteiger partial charge in [-0.1, -0.05) is 56.3 Å².